The Morgan fingerprint density at radius 3 is 2.48 bits per heavy atom. The molecule has 21 heavy (non-hydrogen) atoms. The molecule has 2 nitrogen and oxygen atoms in total. The van der Waals surface area contributed by atoms with Gasteiger partial charge in [0.05, 0.1) is 6.10 Å². The van der Waals surface area contributed by atoms with E-state index in [-0.39, 0.29) is 5.92 Å². The highest BCUT2D eigenvalue weighted by molar-refractivity contribution is 6.07. The molecule has 1 aliphatic rings. The van der Waals surface area contributed by atoms with Crippen LogP contribution in [0.3, 0.4) is 0 Å². The van der Waals surface area contributed by atoms with Crippen molar-refractivity contribution in [2.75, 3.05) is 0 Å². The number of aliphatic hydroxyl groups is 2. The molecule has 106 valence electrons. The number of benzene rings is 3. The summed E-state index contributed by atoms with van der Waals surface area (Å²) in [5.74, 6) is 0.272. The Labute approximate surface area is 123 Å². The maximum atomic E-state index is 10.3. The molecule has 0 radical (unpaired) electrons. The van der Waals surface area contributed by atoms with E-state index in [1.54, 1.807) is 0 Å². The summed E-state index contributed by atoms with van der Waals surface area (Å²) < 4.78 is 0. The molecule has 3 unspecified atom stereocenters. The lowest BCUT2D eigenvalue weighted by Crippen LogP contribution is -2.26. The fraction of sp³-hybridized carbons (Fsp3) is 0.263. The zero-order valence-corrected chi connectivity index (χ0v) is 12.0. The molecule has 2 heteroatoms. The Morgan fingerprint density at radius 2 is 1.62 bits per heavy atom. The first-order valence-electron chi connectivity index (χ1n) is 7.46. The van der Waals surface area contributed by atoms with Crippen molar-refractivity contribution >= 4 is 21.5 Å². The maximum absolute atomic E-state index is 10.3. The average molecular weight is 278 g/mol. The largest absolute Gasteiger partial charge is 0.390 e. The zero-order valence-electron chi connectivity index (χ0n) is 12.0. The van der Waals surface area contributed by atoms with Crippen LogP contribution in [0.2, 0.25) is 0 Å². The van der Waals surface area contributed by atoms with E-state index in [0.29, 0.717) is 6.42 Å². The molecule has 0 saturated heterocycles. The lowest BCUT2D eigenvalue weighted by atomic mass is 9.79. The Hall–Kier alpha value is -1.90. The smallest absolute Gasteiger partial charge is 0.105 e. The van der Waals surface area contributed by atoms with Gasteiger partial charge in [-0.1, -0.05) is 49.4 Å². The van der Waals surface area contributed by atoms with Crippen molar-refractivity contribution in [2.24, 2.45) is 0 Å². The molecule has 0 bridgehead atoms. The van der Waals surface area contributed by atoms with Crippen molar-refractivity contribution in [3.63, 3.8) is 0 Å². The third-order valence-electron chi connectivity index (χ3n) is 4.76. The summed E-state index contributed by atoms with van der Waals surface area (Å²) in [7, 11) is 0. The second-order valence-corrected chi connectivity index (χ2v) is 6.14. The van der Waals surface area contributed by atoms with Crippen LogP contribution in [0.25, 0.3) is 21.5 Å². The van der Waals surface area contributed by atoms with Crippen LogP contribution in [0, 0.1) is 0 Å². The predicted octanol–water partition coefficient (Wildman–Crippen LogP) is 3.89. The van der Waals surface area contributed by atoms with Crippen molar-refractivity contribution < 1.29 is 10.2 Å². The molecular weight excluding hydrogens is 260 g/mol. The summed E-state index contributed by atoms with van der Waals surface area (Å²) in [6, 6.07) is 16.8. The fourth-order valence-corrected chi connectivity index (χ4v) is 3.60. The van der Waals surface area contributed by atoms with Gasteiger partial charge in [-0.25, -0.2) is 0 Å². The van der Waals surface area contributed by atoms with Gasteiger partial charge < -0.3 is 10.2 Å². The molecule has 3 aromatic carbocycles. The predicted molar refractivity (Wildman–Crippen MR) is 85.5 cm³/mol. The van der Waals surface area contributed by atoms with Crippen LogP contribution in [0.15, 0.2) is 48.5 Å². The first-order valence-corrected chi connectivity index (χ1v) is 7.46. The van der Waals surface area contributed by atoms with Crippen molar-refractivity contribution in [1.82, 2.24) is 0 Å². The minimum Gasteiger partial charge on any atom is -0.390 e. The van der Waals surface area contributed by atoms with Gasteiger partial charge in [0.2, 0.25) is 0 Å². The quantitative estimate of drug-likeness (QED) is 0.612. The number of aliphatic hydroxyl groups excluding tert-OH is 2. The topological polar surface area (TPSA) is 40.5 Å². The van der Waals surface area contributed by atoms with E-state index in [0.717, 1.165) is 16.5 Å². The molecule has 0 amide bonds. The van der Waals surface area contributed by atoms with Gasteiger partial charge in [0.15, 0.2) is 0 Å². The van der Waals surface area contributed by atoms with Gasteiger partial charge in [-0.05, 0) is 51.1 Å². The van der Waals surface area contributed by atoms with Crippen molar-refractivity contribution in [3.05, 3.63) is 59.7 Å². The highest BCUT2D eigenvalue weighted by Crippen LogP contribution is 2.40. The summed E-state index contributed by atoms with van der Waals surface area (Å²) in [6.07, 6.45) is -0.827. The molecule has 0 saturated carbocycles. The van der Waals surface area contributed by atoms with Crippen LogP contribution in [0.4, 0.5) is 0 Å². The molecule has 4 rings (SSSR count). The Kier molecular flexibility index (Phi) is 2.78. The van der Waals surface area contributed by atoms with E-state index in [4.69, 9.17) is 0 Å². The molecule has 0 heterocycles. The Balaban J connectivity index is 2.08. The molecule has 2 N–H and O–H groups in total. The summed E-state index contributed by atoms with van der Waals surface area (Å²) in [4.78, 5) is 0. The molecule has 3 atom stereocenters. The van der Waals surface area contributed by atoms with Gasteiger partial charge in [-0.2, -0.15) is 0 Å². The third kappa shape index (κ3) is 1.87. The number of hydrogen-bond acceptors (Lipinski definition) is 2. The van der Waals surface area contributed by atoms with E-state index < -0.39 is 12.2 Å². The molecule has 0 spiro atoms. The highest BCUT2D eigenvalue weighted by atomic mass is 16.3. The normalized spacial score (nSPS) is 25.2. The van der Waals surface area contributed by atoms with Gasteiger partial charge in [0.25, 0.3) is 0 Å². The van der Waals surface area contributed by atoms with E-state index in [1.807, 2.05) is 12.1 Å². The molecule has 0 aliphatic heterocycles. The van der Waals surface area contributed by atoms with Crippen LogP contribution in [-0.2, 0) is 0 Å². The van der Waals surface area contributed by atoms with Gasteiger partial charge in [-0.3, -0.25) is 0 Å². The molecular formula is C19H18O2. The van der Waals surface area contributed by atoms with E-state index in [1.165, 1.54) is 16.2 Å². The monoisotopic (exact) mass is 278 g/mol. The van der Waals surface area contributed by atoms with Crippen LogP contribution >= 0.6 is 0 Å². The second kappa shape index (κ2) is 4.55. The minimum absolute atomic E-state index is 0.272. The van der Waals surface area contributed by atoms with Crippen LogP contribution in [-0.4, -0.2) is 16.3 Å². The van der Waals surface area contributed by atoms with Crippen molar-refractivity contribution in [3.8, 4) is 0 Å². The molecule has 1 aliphatic carbocycles. The van der Waals surface area contributed by atoms with Crippen LogP contribution < -0.4 is 0 Å². The minimum atomic E-state index is -0.778. The van der Waals surface area contributed by atoms with E-state index in [9.17, 15) is 10.2 Å². The van der Waals surface area contributed by atoms with Gasteiger partial charge in [0.1, 0.15) is 6.10 Å². The lowest BCUT2D eigenvalue weighted by Gasteiger charge is -2.31. The SMILES string of the molecule is CC1CC(O)C(O)c2cc3c(ccc4ccccc43)cc21. The van der Waals surface area contributed by atoms with Gasteiger partial charge in [0, 0.05) is 0 Å². The highest BCUT2D eigenvalue weighted by Gasteiger charge is 2.30. The summed E-state index contributed by atoms with van der Waals surface area (Å²) in [5.41, 5.74) is 2.04. The molecule has 0 aromatic heterocycles. The number of rotatable bonds is 0. The van der Waals surface area contributed by atoms with Crippen molar-refractivity contribution in [2.45, 2.75) is 31.5 Å². The lowest BCUT2D eigenvalue weighted by molar-refractivity contribution is 0.00160. The number of hydrogen-bond donors (Lipinski definition) is 2. The summed E-state index contributed by atoms with van der Waals surface area (Å²) >= 11 is 0. The number of fused-ring (bicyclic) bond motifs is 4. The van der Waals surface area contributed by atoms with Gasteiger partial charge >= 0.3 is 0 Å². The van der Waals surface area contributed by atoms with Gasteiger partial charge in [-0.15, -0.1) is 0 Å². The zero-order chi connectivity index (χ0) is 14.6. The summed E-state index contributed by atoms with van der Waals surface area (Å²) in [6.45, 7) is 2.11. The maximum Gasteiger partial charge on any atom is 0.105 e. The Morgan fingerprint density at radius 1 is 0.857 bits per heavy atom. The molecule has 0 fully saturated rings. The summed E-state index contributed by atoms with van der Waals surface area (Å²) in [5, 5.41) is 25.1. The first-order chi connectivity index (χ1) is 10.1. The van der Waals surface area contributed by atoms with E-state index >= 15 is 0 Å². The Bertz CT molecular complexity index is 837. The standard InChI is InChI=1S/C19H18O2/c1-11-8-18(20)19(21)17-10-16-13(9-15(11)17)7-6-12-4-2-3-5-14(12)16/h2-7,9-11,18-21H,8H2,1H3. The van der Waals surface area contributed by atoms with Crippen molar-refractivity contribution in [1.29, 1.82) is 0 Å². The first kappa shape index (κ1) is 12.8. The third-order valence-corrected chi connectivity index (χ3v) is 4.76. The van der Waals surface area contributed by atoms with Crippen LogP contribution in [0.1, 0.15) is 36.5 Å². The average Bonchev–Trinajstić information content (AvgIpc) is 2.51. The van der Waals surface area contributed by atoms with Crippen LogP contribution in [0.5, 0.6) is 0 Å². The second-order valence-electron chi connectivity index (χ2n) is 6.14. The fourth-order valence-electron chi connectivity index (χ4n) is 3.60. The van der Waals surface area contributed by atoms with E-state index in [2.05, 4.69) is 43.3 Å². The molecule has 3 aromatic rings.